The van der Waals surface area contributed by atoms with Gasteiger partial charge in [-0.05, 0) is 12.8 Å². The Balaban J connectivity index is 2.51. The first-order valence-electron chi connectivity index (χ1n) is 6.44. The molecular weight excluding hydrogens is 214 g/mol. The van der Waals surface area contributed by atoms with Gasteiger partial charge in [-0.1, -0.05) is 20.3 Å². The molecule has 17 heavy (non-hydrogen) atoms. The molecule has 0 saturated heterocycles. The first kappa shape index (κ1) is 14.2. The highest BCUT2D eigenvalue weighted by molar-refractivity contribution is 5.16. The molecule has 0 amide bonds. The maximum atomic E-state index is 5.22. The third kappa shape index (κ3) is 4.48. The Hall–Kier alpha value is -0.870. The second kappa shape index (κ2) is 7.45. The molecule has 1 aromatic heterocycles. The van der Waals surface area contributed by atoms with E-state index in [4.69, 9.17) is 4.74 Å². The van der Waals surface area contributed by atoms with Gasteiger partial charge in [-0.25, -0.2) is 0 Å². The number of nitrogens with one attached hydrogen (secondary N) is 1. The van der Waals surface area contributed by atoms with Crippen molar-refractivity contribution in [1.82, 2.24) is 15.1 Å². The third-order valence-electron chi connectivity index (χ3n) is 2.91. The van der Waals surface area contributed by atoms with Crippen LogP contribution in [0.5, 0.6) is 0 Å². The van der Waals surface area contributed by atoms with Gasteiger partial charge >= 0.3 is 0 Å². The fraction of sp³-hybridized carbons (Fsp3) is 0.769. The Labute approximate surface area is 104 Å². The van der Waals surface area contributed by atoms with E-state index in [-0.39, 0.29) is 0 Å². The van der Waals surface area contributed by atoms with E-state index in [1.54, 1.807) is 7.11 Å². The van der Waals surface area contributed by atoms with Gasteiger partial charge < -0.3 is 10.1 Å². The van der Waals surface area contributed by atoms with Crippen molar-refractivity contribution in [1.29, 1.82) is 0 Å². The highest BCUT2D eigenvalue weighted by Crippen LogP contribution is 2.08. The molecule has 0 saturated carbocycles. The average Bonchev–Trinajstić information content (AvgIpc) is 2.67. The van der Waals surface area contributed by atoms with Crippen molar-refractivity contribution in [3.63, 3.8) is 0 Å². The lowest BCUT2D eigenvalue weighted by atomic mass is 10.1. The van der Waals surface area contributed by atoms with Crippen LogP contribution in [-0.4, -0.2) is 29.5 Å². The van der Waals surface area contributed by atoms with Crippen LogP contribution < -0.4 is 5.32 Å². The van der Waals surface area contributed by atoms with Crippen molar-refractivity contribution in [3.8, 4) is 0 Å². The smallest absolute Gasteiger partial charge is 0.0666 e. The van der Waals surface area contributed by atoms with Gasteiger partial charge in [0.2, 0.25) is 0 Å². The van der Waals surface area contributed by atoms with E-state index in [1.165, 1.54) is 17.7 Å². The Morgan fingerprint density at radius 1 is 1.47 bits per heavy atom. The zero-order valence-electron chi connectivity index (χ0n) is 11.5. The summed E-state index contributed by atoms with van der Waals surface area (Å²) in [6.07, 6.45) is 5.41. The lowest BCUT2D eigenvalue weighted by Gasteiger charge is -2.16. The van der Waals surface area contributed by atoms with Gasteiger partial charge in [0.25, 0.3) is 0 Å². The first-order chi connectivity index (χ1) is 8.21. The zero-order chi connectivity index (χ0) is 12.7. The summed E-state index contributed by atoms with van der Waals surface area (Å²) in [6.45, 7) is 6.00. The maximum absolute atomic E-state index is 5.22. The van der Waals surface area contributed by atoms with Gasteiger partial charge in [0.1, 0.15) is 0 Å². The van der Waals surface area contributed by atoms with Crippen LogP contribution >= 0.6 is 0 Å². The van der Waals surface area contributed by atoms with Crippen molar-refractivity contribution < 1.29 is 4.74 Å². The number of hydrogen-bond acceptors (Lipinski definition) is 3. The van der Waals surface area contributed by atoms with E-state index in [2.05, 4.69) is 30.5 Å². The van der Waals surface area contributed by atoms with E-state index in [0.717, 1.165) is 26.0 Å². The molecule has 1 atom stereocenters. The van der Waals surface area contributed by atoms with Gasteiger partial charge in [-0.15, -0.1) is 0 Å². The molecule has 0 fully saturated rings. The molecule has 1 rings (SSSR count). The molecule has 0 aliphatic heterocycles. The van der Waals surface area contributed by atoms with Crippen LogP contribution in [0.4, 0.5) is 0 Å². The highest BCUT2D eigenvalue weighted by atomic mass is 16.5. The number of aryl methyl sites for hydroxylation is 2. The lowest BCUT2D eigenvalue weighted by Crippen LogP contribution is -2.32. The number of aromatic nitrogens is 2. The summed E-state index contributed by atoms with van der Waals surface area (Å²) in [5.74, 6) is 0. The molecular formula is C13H25N3O. The summed E-state index contributed by atoms with van der Waals surface area (Å²) in [5.41, 5.74) is 2.49. The summed E-state index contributed by atoms with van der Waals surface area (Å²) >= 11 is 0. The van der Waals surface area contributed by atoms with Crippen LogP contribution in [0.25, 0.3) is 0 Å². The average molecular weight is 239 g/mol. The van der Waals surface area contributed by atoms with E-state index < -0.39 is 0 Å². The molecule has 0 radical (unpaired) electrons. The summed E-state index contributed by atoms with van der Waals surface area (Å²) in [4.78, 5) is 0. The van der Waals surface area contributed by atoms with Crippen LogP contribution in [0.3, 0.4) is 0 Å². The van der Waals surface area contributed by atoms with Gasteiger partial charge in [-0.2, -0.15) is 5.10 Å². The van der Waals surface area contributed by atoms with Gasteiger partial charge in [0.15, 0.2) is 0 Å². The van der Waals surface area contributed by atoms with Crippen LogP contribution in [-0.2, 0) is 24.8 Å². The predicted molar refractivity (Wildman–Crippen MR) is 70.0 cm³/mol. The molecule has 4 nitrogen and oxygen atoms in total. The minimum atomic E-state index is 0.440. The third-order valence-corrected chi connectivity index (χ3v) is 2.91. The van der Waals surface area contributed by atoms with E-state index >= 15 is 0 Å². The van der Waals surface area contributed by atoms with Crippen LogP contribution in [0.15, 0.2) is 6.20 Å². The molecule has 0 bridgehead atoms. The molecule has 0 aliphatic rings. The topological polar surface area (TPSA) is 39.1 Å². The normalized spacial score (nSPS) is 12.9. The van der Waals surface area contributed by atoms with Crippen LogP contribution in [0.1, 0.15) is 37.9 Å². The highest BCUT2D eigenvalue weighted by Gasteiger charge is 2.10. The fourth-order valence-corrected chi connectivity index (χ4v) is 2.08. The van der Waals surface area contributed by atoms with Crippen molar-refractivity contribution in [3.05, 3.63) is 17.5 Å². The summed E-state index contributed by atoms with van der Waals surface area (Å²) in [6, 6.07) is 0.440. The van der Waals surface area contributed by atoms with Crippen molar-refractivity contribution >= 4 is 0 Å². The number of ether oxygens (including phenoxy) is 1. The Morgan fingerprint density at radius 3 is 2.82 bits per heavy atom. The summed E-state index contributed by atoms with van der Waals surface area (Å²) in [7, 11) is 3.73. The molecule has 0 spiro atoms. The first-order valence-corrected chi connectivity index (χ1v) is 6.44. The zero-order valence-corrected chi connectivity index (χ0v) is 11.5. The maximum Gasteiger partial charge on any atom is 0.0666 e. The molecule has 0 aromatic carbocycles. The van der Waals surface area contributed by atoms with Gasteiger partial charge in [0, 0.05) is 38.5 Å². The lowest BCUT2D eigenvalue weighted by molar-refractivity contribution is 0.161. The van der Waals surface area contributed by atoms with Gasteiger partial charge in [0.05, 0.1) is 12.3 Å². The van der Waals surface area contributed by atoms with E-state index in [9.17, 15) is 0 Å². The molecule has 0 aliphatic carbocycles. The molecule has 1 unspecified atom stereocenters. The summed E-state index contributed by atoms with van der Waals surface area (Å²) < 4.78 is 7.11. The number of methoxy groups -OCH3 is 1. The van der Waals surface area contributed by atoms with Crippen LogP contribution in [0.2, 0.25) is 0 Å². The second-order valence-corrected chi connectivity index (χ2v) is 4.45. The number of nitrogens with zero attached hydrogens (tertiary/aromatic N) is 2. The molecule has 1 heterocycles. The minimum absolute atomic E-state index is 0.440. The molecule has 1 aromatic rings. The van der Waals surface area contributed by atoms with Crippen LogP contribution in [0, 0.1) is 0 Å². The van der Waals surface area contributed by atoms with Crippen molar-refractivity contribution in [2.75, 3.05) is 13.7 Å². The largest absolute Gasteiger partial charge is 0.383 e. The Bertz CT molecular complexity index is 316. The van der Waals surface area contributed by atoms with Crippen molar-refractivity contribution in [2.45, 2.75) is 45.7 Å². The SMILES string of the molecule is CCCC(COC)NCc1cn(C)nc1CC. The predicted octanol–water partition coefficient (Wildman–Crippen LogP) is 1.89. The number of rotatable bonds is 8. The quantitative estimate of drug-likeness (QED) is 0.753. The Morgan fingerprint density at radius 2 is 2.24 bits per heavy atom. The minimum Gasteiger partial charge on any atom is -0.383 e. The molecule has 4 heteroatoms. The molecule has 98 valence electrons. The summed E-state index contributed by atoms with van der Waals surface area (Å²) in [5, 5.41) is 7.99. The Kier molecular flexibility index (Phi) is 6.22. The van der Waals surface area contributed by atoms with Gasteiger partial charge in [-0.3, -0.25) is 4.68 Å². The monoisotopic (exact) mass is 239 g/mol. The van der Waals surface area contributed by atoms with Crippen molar-refractivity contribution in [2.24, 2.45) is 7.05 Å². The second-order valence-electron chi connectivity index (χ2n) is 4.45. The molecule has 1 N–H and O–H groups in total. The standard InChI is InChI=1S/C13H25N3O/c1-5-7-12(10-17-4)14-8-11-9-16(3)15-13(11)6-2/h9,12,14H,5-8,10H2,1-4H3. The fourth-order valence-electron chi connectivity index (χ4n) is 2.08. The van der Waals surface area contributed by atoms with E-state index in [0.29, 0.717) is 6.04 Å². The van der Waals surface area contributed by atoms with E-state index in [1.807, 2.05) is 11.7 Å². The number of hydrogen-bond donors (Lipinski definition) is 1.